The van der Waals surface area contributed by atoms with Crippen LogP contribution in [0.1, 0.15) is 40.5 Å². The van der Waals surface area contributed by atoms with Crippen LogP contribution < -0.4 is 0 Å². The maximum atomic E-state index is 12.7. The molecular formula is C19H17IN2O3. The number of carbonyl (C=O) groups excluding carboxylic acids is 1. The van der Waals surface area contributed by atoms with Crippen molar-refractivity contribution >= 4 is 45.4 Å². The molecule has 0 radical (unpaired) electrons. The van der Waals surface area contributed by atoms with Gasteiger partial charge in [0.25, 0.3) is 0 Å². The van der Waals surface area contributed by atoms with Gasteiger partial charge < -0.3 is 10.1 Å². The first-order valence-corrected chi connectivity index (χ1v) is 8.97. The van der Waals surface area contributed by atoms with Gasteiger partial charge in [0.1, 0.15) is 0 Å². The number of carbonyl (C=O) groups is 2. The van der Waals surface area contributed by atoms with E-state index in [-0.39, 0.29) is 30.4 Å². The highest BCUT2D eigenvalue weighted by atomic mass is 127. The van der Waals surface area contributed by atoms with Gasteiger partial charge in [0, 0.05) is 15.9 Å². The molecule has 25 heavy (non-hydrogen) atoms. The van der Waals surface area contributed by atoms with Crippen LogP contribution in [0.15, 0.2) is 42.5 Å². The zero-order chi connectivity index (χ0) is 18.0. The largest absolute Gasteiger partial charge is 0.481 e. The minimum absolute atomic E-state index is 0.0886. The van der Waals surface area contributed by atoms with E-state index in [9.17, 15) is 14.7 Å². The number of benzene rings is 2. The number of hydrogen-bond donors (Lipinski definition) is 2. The van der Waals surface area contributed by atoms with E-state index in [0.717, 1.165) is 25.7 Å². The molecule has 0 fully saturated rings. The number of carboxylic acids is 1. The molecule has 0 saturated carbocycles. The van der Waals surface area contributed by atoms with Crippen LogP contribution in [0.5, 0.6) is 0 Å². The molecule has 128 valence electrons. The summed E-state index contributed by atoms with van der Waals surface area (Å²) in [6.45, 7) is 1.93. The molecule has 1 atom stereocenters. The molecule has 0 bridgehead atoms. The summed E-state index contributed by atoms with van der Waals surface area (Å²) in [6, 6.07) is 13.3. The monoisotopic (exact) mass is 448 g/mol. The number of nitrogens with one attached hydrogen (secondary N) is 1. The molecule has 1 heterocycles. The molecule has 5 nitrogen and oxygen atoms in total. The molecule has 3 aromatic rings. The van der Waals surface area contributed by atoms with Gasteiger partial charge in [-0.25, -0.2) is 4.98 Å². The van der Waals surface area contributed by atoms with Crippen molar-refractivity contribution in [2.24, 2.45) is 0 Å². The maximum Gasteiger partial charge on any atom is 0.303 e. The molecule has 0 aliphatic carbocycles. The first kappa shape index (κ1) is 17.6. The number of imidazole rings is 1. The second kappa shape index (κ2) is 7.35. The van der Waals surface area contributed by atoms with Crippen molar-refractivity contribution in [3.8, 4) is 0 Å². The third-order valence-electron chi connectivity index (χ3n) is 4.19. The third-order valence-corrected chi connectivity index (χ3v) is 4.86. The molecule has 0 aliphatic heterocycles. The predicted octanol–water partition coefficient (Wildman–Crippen LogP) is 4.31. The number of H-pyrrole nitrogens is 1. The Kier molecular flexibility index (Phi) is 5.17. The molecule has 1 aromatic heterocycles. The van der Waals surface area contributed by atoms with E-state index >= 15 is 0 Å². The number of halogens is 1. The molecule has 6 heteroatoms. The van der Waals surface area contributed by atoms with Crippen LogP contribution in [0.2, 0.25) is 0 Å². The first-order valence-electron chi connectivity index (χ1n) is 7.90. The molecule has 1 unspecified atom stereocenters. The van der Waals surface area contributed by atoms with Crippen molar-refractivity contribution in [3.63, 3.8) is 0 Å². The third kappa shape index (κ3) is 4.07. The number of Topliss-reactive ketones (excluding diaryl/α,β-unsaturated/α-hetero) is 1. The van der Waals surface area contributed by atoms with Gasteiger partial charge in [0.05, 0.1) is 17.5 Å². The van der Waals surface area contributed by atoms with Gasteiger partial charge >= 0.3 is 5.97 Å². The number of carboxylic acid groups (broad SMARTS) is 1. The summed E-state index contributed by atoms with van der Waals surface area (Å²) in [5.41, 5.74) is 3.42. The van der Waals surface area contributed by atoms with E-state index in [1.165, 1.54) is 0 Å². The van der Waals surface area contributed by atoms with Crippen LogP contribution in [-0.4, -0.2) is 26.8 Å². The number of nitrogens with zero attached hydrogens (tertiary/aromatic N) is 1. The summed E-state index contributed by atoms with van der Waals surface area (Å²) in [4.78, 5) is 31.3. The van der Waals surface area contributed by atoms with Crippen molar-refractivity contribution in [2.45, 2.75) is 25.7 Å². The summed E-state index contributed by atoms with van der Waals surface area (Å²) in [6.07, 6.45) is 0.0167. The minimum atomic E-state index is -0.916. The van der Waals surface area contributed by atoms with Crippen LogP contribution in [0, 0.1) is 10.5 Å². The molecule has 0 saturated heterocycles. The van der Waals surface area contributed by atoms with Gasteiger partial charge in [-0.2, -0.15) is 0 Å². The average molecular weight is 448 g/mol. The Morgan fingerprint density at radius 1 is 1.20 bits per heavy atom. The van der Waals surface area contributed by atoms with Crippen LogP contribution >= 0.6 is 22.6 Å². The van der Waals surface area contributed by atoms with E-state index in [2.05, 4.69) is 32.6 Å². The quantitative estimate of drug-likeness (QED) is 0.435. The Morgan fingerprint density at radius 2 is 1.96 bits per heavy atom. The highest BCUT2D eigenvalue weighted by Gasteiger charge is 2.23. The molecule has 0 spiro atoms. The number of ketones is 1. The standard InChI is InChI=1S/C19H17IN2O3/c1-11-4-2-3-5-14(11)12(9-18(24)25)8-17(23)19-21-15-7-6-13(20)10-16(15)22-19/h2-7,10,12H,8-9H2,1H3,(H,21,22)(H,24,25). The SMILES string of the molecule is Cc1ccccc1C(CC(=O)O)CC(=O)c1nc2ccc(I)cc2[nH]1. The smallest absolute Gasteiger partial charge is 0.303 e. The molecule has 2 aromatic carbocycles. The fourth-order valence-corrected chi connectivity index (χ4v) is 3.47. The van der Waals surface area contributed by atoms with Gasteiger partial charge in [-0.1, -0.05) is 24.3 Å². The minimum Gasteiger partial charge on any atom is -0.481 e. The van der Waals surface area contributed by atoms with Gasteiger partial charge in [-0.05, 0) is 58.8 Å². The fourth-order valence-electron chi connectivity index (χ4n) is 2.98. The first-order chi connectivity index (χ1) is 11.9. The van der Waals surface area contributed by atoms with Crippen LogP contribution in [0.4, 0.5) is 0 Å². The second-order valence-electron chi connectivity index (χ2n) is 6.03. The Hall–Kier alpha value is -2.22. The topological polar surface area (TPSA) is 83.0 Å². The van der Waals surface area contributed by atoms with Gasteiger partial charge in [0.2, 0.25) is 0 Å². The maximum absolute atomic E-state index is 12.7. The number of fused-ring (bicyclic) bond motifs is 1. The average Bonchev–Trinajstić information content (AvgIpc) is 2.97. The van der Waals surface area contributed by atoms with E-state index in [0.29, 0.717) is 0 Å². The molecule has 3 rings (SSSR count). The van der Waals surface area contributed by atoms with E-state index in [1.54, 1.807) is 0 Å². The normalized spacial score (nSPS) is 12.2. The second-order valence-corrected chi connectivity index (χ2v) is 7.27. The number of aromatic amines is 1. The summed E-state index contributed by atoms with van der Waals surface area (Å²) in [5, 5.41) is 9.23. The lowest BCUT2D eigenvalue weighted by Gasteiger charge is -2.16. The van der Waals surface area contributed by atoms with Crippen LogP contribution in [-0.2, 0) is 4.79 Å². The number of aliphatic carboxylic acids is 1. The lowest BCUT2D eigenvalue weighted by molar-refractivity contribution is -0.137. The summed E-state index contributed by atoms with van der Waals surface area (Å²) in [7, 11) is 0. The number of hydrogen-bond acceptors (Lipinski definition) is 3. The highest BCUT2D eigenvalue weighted by Crippen LogP contribution is 2.28. The van der Waals surface area contributed by atoms with Crippen LogP contribution in [0.25, 0.3) is 11.0 Å². The zero-order valence-corrected chi connectivity index (χ0v) is 15.8. The lowest BCUT2D eigenvalue weighted by Crippen LogP contribution is -2.14. The zero-order valence-electron chi connectivity index (χ0n) is 13.6. The molecule has 0 aliphatic rings. The van der Waals surface area contributed by atoms with E-state index in [4.69, 9.17) is 0 Å². The lowest BCUT2D eigenvalue weighted by atomic mass is 9.88. The van der Waals surface area contributed by atoms with Crippen molar-refractivity contribution < 1.29 is 14.7 Å². The Labute approximate surface area is 158 Å². The van der Waals surface area contributed by atoms with Crippen molar-refractivity contribution in [1.29, 1.82) is 0 Å². The van der Waals surface area contributed by atoms with Crippen LogP contribution in [0.3, 0.4) is 0 Å². The van der Waals surface area contributed by atoms with E-state index < -0.39 is 5.97 Å². The Balaban J connectivity index is 1.88. The Morgan fingerprint density at radius 3 is 2.68 bits per heavy atom. The van der Waals surface area contributed by atoms with Crippen molar-refractivity contribution in [2.75, 3.05) is 0 Å². The highest BCUT2D eigenvalue weighted by molar-refractivity contribution is 14.1. The summed E-state index contributed by atoms with van der Waals surface area (Å²) >= 11 is 2.20. The number of aromatic nitrogens is 2. The van der Waals surface area contributed by atoms with Gasteiger partial charge in [-0.3, -0.25) is 9.59 Å². The van der Waals surface area contributed by atoms with Gasteiger partial charge in [0.15, 0.2) is 11.6 Å². The summed E-state index contributed by atoms with van der Waals surface area (Å²) < 4.78 is 1.05. The van der Waals surface area contributed by atoms with Crippen molar-refractivity contribution in [1.82, 2.24) is 9.97 Å². The number of aryl methyl sites for hydroxylation is 1. The fraction of sp³-hybridized carbons (Fsp3) is 0.211. The molecule has 2 N–H and O–H groups in total. The molecular weight excluding hydrogens is 431 g/mol. The van der Waals surface area contributed by atoms with Crippen molar-refractivity contribution in [3.05, 3.63) is 63.0 Å². The van der Waals surface area contributed by atoms with E-state index in [1.807, 2.05) is 49.4 Å². The van der Waals surface area contributed by atoms with Gasteiger partial charge in [-0.15, -0.1) is 0 Å². The summed E-state index contributed by atoms with van der Waals surface area (Å²) in [5.74, 6) is -1.19. The Bertz CT molecular complexity index is 949. The molecule has 0 amide bonds. The number of rotatable bonds is 6. The predicted molar refractivity (Wildman–Crippen MR) is 104 cm³/mol.